The van der Waals surface area contributed by atoms with Gasteiger partial charge in [0.25, 0.3) is 0 Å². The predicted molar refractivity (Wildman–Crippen MR) is 74.6 cm³/mol. The molecule has 4 nitrogen and oxygen atoms in total. The minimum atomic E-state index is -0.0117. The number of fused-ring (bicyclic) bond motifs is 1. The van der Waals surface area contributed by atoms with E-state index in [1.54, 1.807) is 0 Å². The van der Waals surface area contributed by atoms with Gasteiger partial charge in [0.2, 0.25) is 5.91 Å². The molecule has 18 heavy (non-hydrogen) atoms. The summed E-state index contributed by atoms with van der Waals surface area (Å²) in [4.78, 5) is 14.3. The number of nitrogens with two attached hydrogens (primary N) is 1. The van der Waals surface area contributed by atoms with Crippen LogP contribution in [0.3, 0.4) is 0 Å². The molecule has 0 fully saturated rings. The number of hydrogen-bond donors (Lipinski definition) is 2. The van der Waals surface area contributed by atoms with Crippen molar-refractivity contribution in [2.75, 3.05) is 30.8 Å². The molecule has 1 aliphatic rings. The Balaban J connectivity index is 2.27. The average molecular weight is 247 g/mol. The van der Waals surface area contributed by atoms with E-state index in [1.165, 1.54) is 0 Å². The Morgan fingerprint density at radius 2 is 2.33 bits per heavy atom. The van der Waals surface area contributed by atoms with Crippen LogP contribution in [0.2, 0.25) is 0 Å². The summed E-state index contributed by atoms with van der Waals surface area (Å²) in [5.74, 6) is 0.165. The first-order valence-corrected chi connectivity index (χ1v) is 6.48. The number of carbonyl (C=O) groups excluding carboxylic acids is 1. The van der Waals surface area contributed by atoms with Gasteiger partial charge in [-0.2, -0.15) is 0 Å². The molecule has 0 spiro atoms. The Bertz CT molecular complexity index is 445. The molecule has 1 aliphatic heterocycles. The number of nitrogens with zero attached hydrogens (tertiary/aromatic N) is 1. The first-order valence-electron chi connectivity index (χ1n) is 6.48. The molecule has 0 aliphatic carbocycles. The third kappa shape index (κ3) is 2.34. The number of benzene rings is 1. The summed E-state index contributed by atoms with van der Waals surface area (Å²) in [5.41, 5.74) is 8.90. The van der Waals surface area contributed by atoms with Gasteiger partial charge < -0.3 is 16.0 Å². The largest absolute Gasteiger partial charge is 0.398 e. The highest BCUT2D eigenvalue weighted by Crippen LogP contribution is 2.31. The van der Waals surface area contributed by atoms with Gasteiger partial charge in [-0.1, -0.05) is 13.0 Å². The monoisotopic (exact) mass is 247 g/mol. The van der Waals surface area contributed by atoms with Gasteiger partial charge in [-0.15, -0.1) is 0 Å². The van der Waals surface area contributed by atoms with Crippen LogP contribution in [0.4, 0.5) is 11.4 Å². The van der Waals surface area contributed by atoms with Crippen LogP contribution in [0.15, 0.2) is 18.2 Å². The van der Waals surface area contributed by atoms with Crippen molar-refractivity contribution in [3.8, 4) is 0 Å². The molecule has 1 atom stereocenters. The highest BCUT2D eigenvalue weighted by Gasteiger charge is 2.26. The summed E-state index contributed by atoms with van der Waals surface area (Å²) in [6.45, 7) is 3.45. The van der Waals surface area contributed by atoms with E-state index in [0.29, 0.717) is 6.54 Å². The molecule has 3 N–H and O–H groups in total. The Morgan fingerprint density at radius 3 is 3.06 bits per heavy atom. The van der Waals surface area contributed by atoms with Crippen molar-refractivity contribution in [3.05, 3.63) is 23.8 Å². The molecule has 0 saturated heterocycles. The van der Waals surface area contributed by atoms with Crippen LogP contribution in [0, 0.1) is 5.92 Å². The summed E-state index contributed by atoms with van der Waals surface area (Å²) >= 11 is 0. The average Bonchev–Trinajstić information content (AvgIpc) is 2.38. The van der Waals surface area contributed by atoms with Crippen molar-refractivity contribution in [3.63, 3.8) is 0 Å². The summed E-state index contributed by atoms with van der Waals surface area (Å²) in [5, 5.41) is 3.05. The molecule has 1 aromatic carbocycles. The van der Waals surface area contributed by atoms with Gasteiger partial charge in [0.15, 0.2) is 0 Å². The summed E-state index contributed by atoms with van der Waals surface area (Å²) < 4.78 is 0. The molecule has 98 valence electrons. The first-order chi connectivity index (χ1) is 8.65. The minimum absolute atomic E-state index is 0.0117. The van der Waals surface area contributed by atoms with Crippen LogP contribution < -0.4 is 16.0 Å². The van der Waals surface area contributed by atoms with Crippen molar-refractivity contribution in [2.45, 2.75) is 19.8 Å². The number of nitrogens with one attached hydrogen (secondary N) is 1. The van der Waals surface area contributed by atoms with Crippen molar-refractivity contribution in [2.24, 2.45) is 5.92 Å². The maximum absolute atomic E-state index is 12.4. The molecule has 1 heterocycles. The normalized spacial score (nSPS) is 16.2. The minimum Gasteiger partial charge on any atom is -0.398 e. The first kappa shape index (κ1) is 12.9. The van der Waals surface area contributed by atoms with Crippen molar-refractivity contribution in [1.82, 2.24) is 5.32 Å². The zero-order valence-corrected chi connectivity index (χ0v) is 11.1. The van der Waals surface area contributed by atoms with Crippen molar-refractivity contribution >= 4 is 17.3 Å². The molecule has 4 heteroatoms. The van der Waals surface area contributed by atoms with E-state index in [4.69, 9.17) is 5.73 Å². The molecule has 1 amide bonds. The molecule has 0 aromatic heterocycles. The maximum Gasteiger partial charge on any atom is 0.231 e. The topological polar surface area (TPSA) is 58.4 Å². The van der Waals surface area contributed by atoms with Gasteiger partial charge in [0.1, 0.15) is 0 Å². The van der Waals surface area contributed by atoms with Crippen LogP contribution in [-0.4, -0.2) is 26.0 Å². The SMILES string of the molecule is CNCC(C)C(=O)N1CCCc2c(N)cccc21. The molecular weight excluding hydrogens is 226 g/mol. The highest BCUT2D eigenvalue weighted by atomic mass is 16.2. The number of amides is 1. The highest BCUT2D eigenvalue weighted by molar-refractivity contribution is 5.96. The second-order valence-corrected chi connectivity index (χ2v) is 4.90. The van der Waals surface area contributed by atoms with Crippen LogP contribution in [0.1, 0.15) is 18.9 Å². The fourth-order valence-corrected chi connectivity index (χ4v) is 2.54. The Hall–Kier alpha value is -1.55. The fraction of sp³-hybridized carbons (Fsp3) is 0.500. The number of anilines is 2. The Kier molecular flexibility index (Phi) is 3.87. The molecule has 0 radical (unpaired) electrons. The molecule has 1 aromatic rings. The summed E-state index contributed by atoms with van der Waals surface area (Å²) in [7, 11) is 1.87. The van der Waals surface area contributed by atoms with E-state index in [9.17, 15) is 4.79 Å². The third-order valence-corrected chi connectivity index (χ3v) is 3.48. The fourth-order valence-electron chi connectivity index (χ4n) is 2.54. The standard InChI is InChI=1S/C14H21N3O/c1-10(9-16-2)14(18)17-8-4-5-11-12(15)6-3-7-13(11)17/h3,6-7,10,16H,4-5,8-9,15H2,1-2H3. The van der Waals surface area contributed by atoms with Crippen LogP contribution in [0.25, 0.3) is 0 Å². The van der Waals surface area contributed by atoms with E-state index in [0.717, 1.165) is 36.3 Å². The number of hydrogen-bond acceptors (Lipinski definition) is 3. The van der Waals surface area contributed by atoms with Crippen LogP contribution in [-0.2, 0) is 11.2 Å². The van der Waals surface area contributed by atoms with Gasteiger partial charge in [0.05, 0.1) is 0 Å². The quantitative estimate of drug-likeness (QED) is 0.794. The zero-order chi connectivity index (χ0) is 13.1. The zero-order valence-electron chi connectivity index (χ0n) is 11.1. The summed E-state index contributed by atoms with van der Waals surface area (Å²) in [6, 6.07) is 5.82. The number of rotatable bonds is 3. The van der Waals surface area contributed by atoms with Gasteiger partial charge in [-0.25, -0.2) is 0 Å². The van der Waals surface area contributed by atoms with E-state index in [2.05, 4.69) is 5.32 Å². The van der Waals surface area contributed by atoms with E-state index >= 15 is 0 Å². The Morgan fingerprint density at radius 1 is 1.56 bits per heavy atom. The van der Waals surface area contributed by atoms with Crippen LogP contribution >= 0.6 is 0 Å². The van der Waals surface area contributed by atoms with Gasteiger partial charge >= 0.3 is 0 Å². The summed E-state index contributed by atoms with van der Waals surface area (Å²) in [6.07, 6.45) is 1.95. The second kappa shape index (κ2) is 5.40. The number of nitrogen functional groups attached to an aromatic ring is 1. The van der Waals surface area contributed by atoms with Gasteiger partial charge in [-0.05, 0) is 37.6 Å². The second-order valence-electron chi connectivity index (χ2n) is 4.90. The van der Waals surface area contributed by atoms with E-state index in [1.807, 2.05) is 37.1 Å². The molecule has 0 bridgehead atoms. The number of carbonyl (C=O) groups is 1. The molecular formula is C14H21N3O. The van der Waals surface area contributed by atoms with Crippen molar-refractivity contribution in [1.29, 1.82) is 0 Å². The van der Waals surface area contributed by atoms with Gasteiger partial charge in [-0.3, -0.25) is 4.79 Å². The van der Waals surface area contributed by atoms with Crippen molar-refractivity contribution < 1.29 is 4.79 Å². The lowest BCUT2D eigenvalue weighted by atomic mass is 9.98. The smallest absolute Gasteiger partial charge is 0.231 e. The predicted octanol–water partition coefficient (Wildman–Crippen LogP) is 1.40. The van der Waals surface area contributed by atoms with Crippen LogP contribution in [0.5, 0.6) is 0 Å². The maximum atomic E-state index is 12.4. The van der Waals surface area contributed by atoms with Gasteiger partial charge in [0, 0.05) is 30.4 Å². The lowest BCUT2D eigenvalue weighted by Gasteiger charge is -2.32. The van der Waals surface area contributed by atoms with E-state index in [-0.39, 0.29) is 11.8 Å². The van der Waals surface area contributed by atoms with E-state index < -0.39 is 0 Å². The molecule has 2 rings (SSSR count). The molecule has 0 saturated carbocycles. The lowest BCUT2D eigenvalue weighted by Crippen LogP contribution is -2.41. The lowest BCUT2D eigenvalue weighted by molar-refractivity contribution is -0.121. The molecule has 1 unspecified atom stereocenters. The Labute approximate surface area is 108 Å². The third-order valence-electron chi connectivity index (χ3n) is 3.48.